The summed E-state index contributed by atoms with van der Waals surface area (Å²) in [6.07, 6.45) is 1.15. The molecule has 0 saturated carbocycles. The lowest BCUT2D eigenvalue weighted by Gasteiger charge is -2.05. The highest BCUT2D eigenvalue weighted by Crippen LogP contribution is 2.11. The van der Waals surface area contributed by atoms with Gasteiger partial charge in [-0.1, -0.05) is 0 Å². The van der Waals surface area contributed by atoms with E-state index in [0.717, 1.165) is 5.75 Å². The Balaban J connectivity index is 2.27. The van der Waals surface area contributed by atoms with Crippen LogP contribution in [0.3, 0.4) is 0 Å². The zero-order valence-corrected chi connectivity index (χ0v) is 9.19. The molecule has 1 aromatic rings. The van der Waals surface area contributed by atoms with Crippen LogP contribution >= 0.6 is 0 Å². The van der Waals surface area contributed by atoms with Crippen molar-refractivity contribution in [2.75, 3.05) is 13.7 Å². The van der Waals surface area contributed by atoms with Crippen LogP contribution in [0.5, 0.6) is 5.75 Å². The molecule has 4 heteroatoms. The van der Waals surface area contributed by atoms with Gasteiger partial charge in [0.1, 0.15) is 5.75 Å². The van der Waals surface area contributed by atoms with Gasteiger partial charge >= 0.3 is 0 Å². The Bertz CT molecular complexity index is 379. The number of benzene rings is 1. The lowest BCUT2D eigenvalue weighted by atomic mass is 10.2. The molecule has 4 nitrogen and oxygen atoms in total. The largest absolute Gasteiger partial charge is 0.494 e. The lowest BCUT2D eigenvalue weighted by Crippen LogP contribution is -2.18. The van der Waals surface area contributed by atoms with Gasteiger partial charge in [-0.25, -0.2) is 0 Å². The van der Waals surface area contributed by atoms with Crippen LogP contribution in [0.4, 0.5) is 0 Å². The minimum Gasteiger partial charge on any atom is -0.494 e. The second-order valence-corrected chi connectivity index (χ2v) is 3.26. The Morgan fingerprint density at radius 2 is 2.12 bits per heavy atom. The molecule has 0 fully saturated rings. The van der Waals surface area contributed by atoms with Gasteiger partial charge in [0, 0.05) is 13.5 Å². The van der Waals surface area contributed by atoms with Crippen LogP contribution < -0.4 is 10.1 Å². The number of nitrogens with zero attached hydrogens (tertiary/aromatic N) is 1. The number of hydrogen-bond acceptors (Lipinski definition) is 3. The highest BCUT2D eigenvalue weighted by atomic mass is 16.5. The quantitative estimate of drug-likeness (QED) is 0.761. The molecular formula is C12H14N2O2. The van der Waals surface area contributed by atoms with Crippen molar-refractivity contribution in [2.24, 2.45) is 0 Å². The Hall–Kier alpha value is -2.02. The van der Waals surface area contributed by atoms with Crippen molar-refractivity contribution in [3.8, 4) is 11.8 Å². The van der Waals surface area contributed by atoms with E-state index < -0.39 is 0 Å². The predicted molar refractivity (Wildman–Crippen MR) is 60.0 cm³/mol. The van der Waals surface area contributed by atoms with Gasteiger partial charge in [0.2, 0.25) is 5.91 Å². The van der Waals surface area contributed by atoms with E-state index in [4.69, 9.17) is 10.00 Å². The summed E-state index contributed by atoms with van der Waals surface area (Å²) >= 11 is 0. The Morgan fingerprint density at radius 1 is 1.44 bits per heavy atom. The SMILES string of the molecule is CNC(=O)CCCOc1ccc(C#N)cc1. The molecule has 0 spiro atoms. The smallest absolute Gasteiger partial charge is 0.219 e. The predicted octanol–water partition coefficient (Wildman–Crippen LogP) is 1.46. The van der Waals surface area contributed by atoms with E-state index in [1.54, 1.807) is 31.3 Å². The molecule has 0 aliphatic rings. The summed E-state index contributed by atoms with van der Waals surface area (Å²) in [5.74, 6) is 0.735. The minimum absolute atomic E-state index is 0.0171. The zero-order valence-electron chi connectivity index (χ0n) is 9.19. The number of nitriles is 1. The van der Waals surface area contributed by atoms with E-state index in [1.807, 2.05) is 6.07 Å². The molecule has 1 N–H and O–H groups in total. The fraction of sp³-hybridized carbons (Fsp3) is 0.333. The molecule has 0 aromatic heterocycles. The third-order valence-corrected chi connectivity index (χ3v) is 2.08. The molecule has 0 aliphatic heterocycles. The Morgan fingerprint density at radius 3 is 2.69 bits per heavy atom. The van der Waals surface area contributed by atoms with E-state index in [0.29, 0.717) is 25.0 Å². The van der Waals surface area contributed by atoms with Gasteiger partial charge in [-0.2, -0.15) is 5.26 Å². The number of carbonyl (C=O) groups excluding carboxylic acids is 1. The summed E-state index contributed by atoms with van der Waals surface area (Å²) in [5.41, 5.74) is 0.609. The van der Waals surface area contributed by atoms with Crippen molar-refractivity contribution in [3.63, 3.8) is 0 Å². The molecule has 1 amide bonds. The fourth-order valence-corrected chi connectivity index (χ4v) is 1.17. The van der Waals surface area contributed by atoms with Gasteiger partial charge in [0.05, 0.1) is 18.2 Å². The molecule has 84 valence electrons. The molecule has 0 radical (unpaired) electrons. The zero-order chi connectivity index (χ0) is 11.8. The molecule has 1 aromatic carbocycles. The summed E-state index contributed by atoms with van der Waals surface area (Å²) in [6, 6.07) is 8.94. The van der Waals surface area contributed by atoms with E-state index in [1.165, 1.54) is 0 Å². The maximum absolute atomic E-state index is 10.9. The van der Waals surface area contributed by atoms with Crippen molar-refractivity contribution in [3.05, 3.63) is 29.8 Å². The van der Waals surface area contributed by atoms with Crippen LogP contribution in [0.15, 0.2) is 24.3 Å². The topological polar surface area (TPSA) is 62.1 Å². The molecule has 0 bridgehead atoms. The average Bonchev–Trinajstić information content (AvgIpc) is 2.35. The third kappa shape index (κ3) is 4.01. The second-order valence-electron chi connectivity index (χ2n) is 3.26. The third-order valence-electron chi connectivity index (χ3n) is 2.08. The van der Waals surface area contributed by atoms with E-state index in [-0.39, 0.29) is 5.91 Å². The summed E-state index contributed by atoms with van der Waals surface area (Å²) < 4.78 is 5.41. The van der Waals surface area contributed by atoms with Gasteiger partial charge in [-0.05, 0) is 30.7 Å². The normalized spacial score (nSPS) is 9.25. The van der Waals surface area contributed by atoms with Crippen molar-refractivity contribution in [1.29, 1.82) is 5.26 Å². The van der Waals surface area contributed by atoms with Crippen molar-refractivity contribution in [2.45, 2.75) is 12.8 Å². The summed E-state index contributed by atoms with van der Waals surface area (Å²) in [6.45, 7) is 0.499. The second kappa shape index (κ2) is 6.46. The van der Waals surface area contributed by atoms with Crippen LogP contribution in [0.2, 0.25) is 0 Å². The van der Waals surface area contributed by atoms with Gasteiger partial charge < -0.3 is 10.1 Å². The minimum atomic E-state index is 0.0171. The van der Waals surface area contributed by atoms with Crippen LogP contribution in [0.25, 0.3) is 0 Å². The monoisotopic (exact) mass is 218 g/mol. The number of carbonyl (C=O) groups is 1. The van der Waals surface area contributed by atoms with E-state index in [2.05, 4.69) is 5.32 Å². The molecule has 0 atom stereocenters. The molecule has 0 heterocycles. The average molecular weight is 218 g/mol. The molecule has 16 heavy (non-hydrogen) atoms. The first-order chi connectivity index (χ1) is 7.76. The van der Waals surface area contributed by atoms with Gasteiger partial charge in [-0.3, -0.25) is 4.79 Å². The Kier molecular flexibility index (Phi) is 4.87. The van der Waals surface area contributed by atoms with Gasteiger partial charge in [0.15, 0.2) is 0 Å². The molecule has 0 aliphatic carbocycles. The number of amides is 1. The molecular weight excluding hydrogens is 204 g/mol. The van der Waals surface area contributed by atoms with E-state index in [9.17, 15) is 4.79 Å². The highest BCUT2D eigenvalue weighted by Gasteiger charge is 1.98. The maximum Gasteiger partial charge on any atom is 0.219 e. The Labute approximate surface area is 94.8 Å². The molecule has 0 unspecified atom stereocenters. The fourth-order valence-electron chi connectivity index (χ4n) is 1.17. The first-order valence-electron chi connectivity index (χ1n) is 5.10. The molecule has 1 rings (SSSR count). The number of rotatable bonds is 5. The highest BCUT2D eigenvalue weighted by molar-refractivity contribution is 5.75. The van der Waals surface area contributed by atoms with Gasteiger partial charge in [-0.15, -0.1) is 0 Å². The maximum atomic E-state index is 10.9. The first-order valence-corrected chi connectivity index (χ1v) is 5.10. The van der Waals surface area contributed by atoms with Crippen LogP contribution in [-0.2, 0) is 4.79 Å². The lowest BCUT2D eigenvalue weighted by molar-refractivity contribution is -0.120. The first kappa shape index (κ1) is 12.1. The van der Waals surface area contributed by atoms with Crippen LogP contribution in [0.1, 0.15) is 18.4 Å². The van der Waals surface area contributed by atoms with Crippen molar-refractivity contribution < 1.29 is 9.53 Å². The number of hydrogen-bond donors (Lipinski definition) is 1. The standard InChI is InChI=1S/C12H14N2O2/c1-14-12(15)3-2-8-16-11-6-4-10(9-13)5-7-11/h4-7H,2-3,8H2,1H3,(H,14,15). The van der Waals surface area contributed by atoms with Crippen LogP contribution in [-0.4, -0.2) is 19.6 Å². The summed E-state index contributed by atoms with van der Waals surface area (Å²) in [7, 11) is 1.61. The van der Waals surface area contributed by atoms with Crippen molar-refractivity contribution in [1.82, 2.24) is 5.32 Å². The van der Waals surface area contributed by atoms with Crippen molar-refractivity contribution >= 4 is 5.91 Å². The number of ether oxygens (including phenoxy) is 1. The van der Waals surface area contributed by atoms with Crippen LogP contribution in [0, 0.1) is 11.3 Å². The number of nitrogens with one attached hydrogen (secondary N) is 1. The van der Waals surface area contributed by atoms with E-state index >= 15 is 0 Å². The van der Waals surface area contributed by atoms with Gasteiger partial charge in [0.25, 0.3) is 0 Å². The molecule has 0 saturated heterocycles. The summed E-state index contributed by atoms with van der Waals surface area (Å²) in [5, 5.41) is 11.1. The summed E-state index contributed by atoms with van der Waals surface area (Å²) in [4.78, 5) is 10.9.